The van der Waals surface area contributed by atoms with Crippen LogP contribution in [0.3, 0.4) is 0 Å². The van der Waals surface area contributed by atoms with Crippen molar-refractivity contribution in [1.29, 1.82) is 0 Å². The lowest BCUT2D eigenvalue weighted by molar-refractivity contribution is 0.0963. The second-order valence-electron chi connectivity index (χ2n) is 5.39. The van der Waals surface area contributed by atoms with Gasteiger partial charge in [-0.25, -0.2) is 0 Å². The van der Waals surface area contributed by atoms with Crippen molar-refractivity contribution in [2.24, 2.45) is 0 Å². The van der Waals surface area contributed by atoms with Gasteiger partial charge in [-0.15, -0.1) is 0 Å². The molecule has 2 aromatic rings. The molecule has 1 amide bonds. The number of aryl methyl sites for hydroxylation is 2. The molecular weight excluding hydrogens is 262 g/mol. The van der Waals surface area contributed by atoms with Gasteiger partial charge in [0.25, 0.3) is 5.91 Å². The van der Waals surface area contributed by atoms with E-state index in [2.05, 4.69) is 21.7 Å². The van der Waals surface area contributed by atoms with Gasteiger partial charge in [-0.1, -0.05) is 12.1 Å². The summed E-state index contributed by atoms with van der Waals surface area (Å²) in [5.41, 5.74) is 5.24. The van der Waals surface area contributed by atoms with Gasteiger partial charge in [-0.3, -0.25) is 9.78 Å². The molecule has 0 saturated carbocycles. The number of nitrogens with one attached hydrogen (secondary N) is 2. The molecule has 4 nitrogen and oxygen atoms in total. The van der Waals surface area contributed by atoms with Crippen LogP contribution >= 0.6 is 0 Å². The molecule has 0 spiro atoms. The Morgan fingerprint density at radius 2 is 2.19 bits per heavy atom. The van der Waals surface area contributed by atoms with E-state index < -0.39 is 0 Å². The summed E-state index contributed by atoms with van der Waals surface area (Å²) in [6, 6.07) is 10.1. The predicted octanol–water partition coefficient (Wildman–Crippen LogP) is 2.85. The van der Waals surface area contributed by atoms with Gasteiger partial charge in [0.1, 0.15) is 0 Å². The normalized spacial score (nSPS) is 16.4. The van der Waals surface area contributed by atoms with E-state index in [1.165, 1.54) is 5.56 Å². The molecule has 0 bridgehead atoms. The van der Waals surface area contributed by atoms with Crippen molar-refractivity contribution in [3.8, 4) is 0 Å². The molecule has 3 rings (SSSR count). The third-order valence-corrected chi connectivity index (χ3v) is 4.02. The zero-order valence-electron chi connectivity index (χ0n) is 12.3. The van der Waals surface area contributed by atoms with Crippen LogP contribution in [0, 0.1) is 6.92 Å². The molecule has 1 aliphatic rings. The number of carbonyl (C=O) groups is 1. The Kier molecular flexibility index (Phi) is 3.60. The summed E-state index contributed by atoms with van der Waals surface area (Å²) in [4.78, 5) is 16.3. The largest absolute Gasteiger partial charge is 0.376 e. The lowest BCUT2D eigenvalue weighted by Crippen LogP contribution is -2.18. The fourth-order valence-corrected chi connectivity index (χ4v) is 2.80. The maximum atomic E-state index is 11.8. The zero-order valence-corrected chi connectivity index (χ0v) is 12.3. The minimum atomic E-state index is -0.0667. The van der Waals surface area contributed by atoms with E-state index in [0.717, 1.165) is 29.8 Å². The number of benzene rings is 1. The smallest absolute Gasteiger partial charge is 0.251 e. The number of aromatic nitrogens is 1. The van der Waals surface area contributed by atoms with Gasteiger partial charge in [-0.05, 0) is 49.1 Å². The monoisotopic (exact) mass is 281 g/mol. The van der Waals surface area contributed by atoms with Crippen molar-refractivity contribution >= 4 is 11.6 Å². The highest BCUT2D eigenvalue weighted by Gasteiger charge is 2.23. The predicted molar refractivity (Wildman–Crippen MR) is 83.5 cm³/mol. The average molecular weight is 281 g/mol. The number of pyridine rings is 1. The summed E-state index contributed by atoms with van der Waals surface area (Å²) in [6.07, 6.45) is 3.93. The summed E-state index contributed by atoms with van der Waals surface area (Å²) < 4.78 is 0. The zero-order chi connectivity index (χ0) is 14.8. The lowest BCUT2D eigenvalue weighted by atomic mass is 10.1. The first-order valence-corrected chi connectivity index (χ1v) is 7.22. The Morgan fingerprint density at radius 3 is 3.00 bits per heavy atom. The SMILES string of the molecule is CNC(=O)c1ccc(C)c(NC2CCc3cccnc32)c1. The van der Waals surface area contributed by atoms with Crippen LogP contribution in [0.25, 0.3) is 0 Å². The van der Waals surface area contributed by atoms with Crippen molar-refractivity contribution in [3.63, 3.8) is 0 Å². The summed E-state index contributed by atoms with van der Waals surface area (Å²) in [5, 5.41) is 6.20. The molecule has 21 heavy (non-hydrogen) atoms. The minimum absolute atomic E-state index is 0.0667. The van der Waals surface area contributed by atoms with Gasteiger partial charge < -0.3 is 10.6 Å². The summed E-state index contributed by atoms with van der Waals surface area (Å²) >= 11 is 0. The standard InChI is InChI=1S/C17H19N3O/c1-11-5-6-13(17(21)18-2)10-15(11)20-14-8-7-12-4-3-9-19-16(12)14/h3-6,9-10,14,20H,7-8H2,1-2H3,(H,18,21). The highest BCUT2D eigenvalue weighted by molar-refractivity contribution is 5.95. The molecule has 0 aliphatic heterocycles. The summed E-state index contributed by atoms with van der Waals surface area (Å²) in [7, 11) is 1.65. The van der Waals surface area contributed by atoms with Crippen LogP contribution < -0.4 is 10.6 Å². The van der Waals surface area contributed by atoms with E-state index in [1.807, 2.05) is 37.4 Å². The van der Waals surface area contributed by atoms with Crippen LogP contribution in [-0.2, 0) is 6.42 Å². The van der Waals surface area contributed by atoms with Gasteiger partial charge in [-0.2, -0.15) is 0 Å². The fourth-order valence-electron chi connectivity index (χ4n) is 2.80. The van der Waals surface area contributed by atoms with Gasteiger partial charge in [0.15, 0.2) is 0 Å². The quantitative estimate of drug-likeness (QED) is 0.909. The molecule has 1 aliphatic carbocycles. The molecule has 1 atom stereocenters. The van der Waals surface area contributed by atoms with Gasteiger partial charge in [0.05, 0.1) is 11.7 Å². The minimum Gasteiger partial charge on any atom is -0.376 e. The van der Waals surface area contributed by atoms with Crippen molar-refractivity contribution in [2.45, 2.75) is 25.8 Å². The van der Waals surface area contributed by atoms with Crippen LogP contribution in [0.15, 0.2) is 36.5 Å². The van der Waals surface area contributed by atoms with Crippen LogP contribution in [0.1, 0.15) is 39.6 Å². The molecule has 0 saturated heterocycles. The second-order valence-corrected chi connectivity index (χ2v) is 5.39. The van der Waals surface area contributed by atoms with Crippen LogP contribution in [0.5, 0.6) is 0 Å². The number of hydrogen-bond acceptors (Lipinski definition) is 3. The highest BCUT2D eigenvalue weighted by atomic mass is 16.1. The number of nitrogens with zero attached hydrogens (tertiary/aromatic N) is 1. The molecule has 2 N–H and O–H groups in total. The van der Waals surface area contributed by atoms with E-state index in [1.54, 1.807) is 7.05 Å². The first-order chi connectivity index (χ1) is 10.2. The molecule has 1 unspecified atom stereocenters. The topological polar surface area (TPSA) is 54.0 Å². The Labute approximate surface area is 124 Å². The van der Waals surface area contributed by atoms with Crippen molar-refractivity contribution in [2.75, 3.05) is 12.4 Å². The molecule has 1 heterocycles. The Balaban J connectivity index is 1.87. The molecular formula is C17H19N3O. The number of hydrogen-bond donors (Lipinski definition) is 2. The molecule has 1 aromatic carbocycles. The average Bonchev–Trinajstić information content (AvgIpc) is 2.92. The molecule has 1 aromatic heterocycles. The Morgan fingerprint density at radius 1 is 1.33 bits per heavy atom. The first kappa shape index (κ1) is 13.6. The molecule has 108 valence electrons. The van der Waals surface area contributed by atoms with Crippen molar-refractivity contribution in [3.05, 3.63) is 58.9 Å². The van der Waals surface area contributed by atoms with Crippen LogP contribution in [-0.4, -0.2) is 17.9 Å². The number of carbonyl (C=O) groups excluding carboxylic acids is 1. The molecule has 0 fully saturated rings. The van der Waals surface area contributed by atoms with Crippen LogP contribution in [0.4, 0.5) is 5.69 Å². The number of amides is 1. The van der Waals surface area contributed by atoms with Crippen LogP contribution in [0.2, 0.25) is 0 Å². The Bertz CT molecular complexity index is 681. The number of fused-ring (bicyclic) bond motifs is 1. The lowest BCUT2D eigenvalue weighted by Gasteiger charge is -2.17. The number of rotatable bonds is 3. The first-order valence-electron chi connectivity index (χ1n) is 7.22. The maximum Gasteiger partial charge on any atom is 0.251 e. The Hall–Kier alpha value is -2.36. The maximum absolute atomic E-state index is 11.8. The second kappa shape index (κ2) is 5.56. The summed E-state index contributed by atoms with van der Waals surface area (Å²) in [6.45, 7) is 2.05. The third-order valence-electron chi connectivity index (χ3n) is 4.02. The van der Waals surface area contributed by atoms with Gasteiger partial charge in [0.2, 0.25) is 0 Å². The van der Waals surface area contributed by atoms with Gasteiger partial charge in [0, 0.05) is 24.5 Å². The van der Waals surface area contributed by atoms with E-state index in [4.69, 9.17) is 0 Å². The summed E-state index contributed by atoms with van der Waals surface area (Å²) in [5.74, 6) is -0.0667. The van der Waals surface area contributed by atoms with E-state index in [9.17, 15) is 4.79 Å². The van der Waals surface area contributed by atoms with E-state index in [0.29, 0.717) is 5.56 Å². The molecule has 0 radical (unpaired) electrons. The van der Waals surface area contributed by atoms with E-state index >= 15 is 0 Å². The third kappa shape index (κ3) is 2.61. The number of anilines is 1. The van der Waals surface area contributed by atoms with E-state index in [-0.39, 0.29) is 11.9 Å². The van der Waals surface area contributed by atoms with Crippen molar-refractivity contribution < 1.29 is 4.79 Å². The fraction of sp³-hybridized carbons (Fsp3) is 0.294. The van der Waals surface area contributed by atoms with Crippen molar-refractivity contribution in [1.82, 2.24) is 10.3 Å². The van der Waals surface area contributed by atoms with Gasteiger partial charge >= 0.3 is 0 Å². The highest BCUT2D eigenvalue weighted by Crippen LogP contribution is 2.33. The molecule has 4 heteroatoms.